The summed E-state index contributed by atoms with van der Waals surface area (Å²) < 4.78 is 15.7. The molecule has 34 heavy (non-hydrogen) atoms. The van der Waals surface area contributed by atoms with Gasteiger partial charge in [-0.05, 0) is 43.7 Å². The SMILES string of the molecule is C/N=C(\N)NC(=O)C[C@@H](O)C[C@@H](O)/C=C/c1c(-c2ccc(F)cc2)c2ccccc2n1C(C)C. The quantitative estimate of drug-likeness (QED) is 0.300. The predicted octanol–water partition coefficient (Wildman–Crippen LogP) is 3.60. The summed E-state index contributed by atoms with van der Waals surface area (Å²) in [5.41, 5.74) is 9.14. The maximum absolute atomic E-state index is 13.6. The average molecular weight is 467 g/mol. The number of nitrogens with one attached hydrogen (secondary N) is 1. The van der Waals surface area contributed by atoms with Crippen molar-refractivity contribution in [1.82, 2.24) is 9.88 Å². The first-order chi connectivity index (χ1) is 16.2. The fourth-order valence-corrected chi connectivity index (χ4v) is 4.03. The highest BCUT2D eigenvalue weighted by molar-refractivity contribution is 6.01. The molecule has 0 saturated carbocycles. The summed E-state index contributed by atoms with van der Waals surface area (Å²) in [6.45, 7) is 4.14. The van der Waals surface area contributed by atoms with Gasteiger partial charge in [0.15, 0.2) is 5.96 Å². The normalized spacial score (nSPS) is 14.1. The number of benzene rings is 2. The van der Waals surface area contributed by atoms with Gasteiger partial charge in [0.2, 0.25) is 5.91 Å². The molecule has 7 nitrogen and oxygen atoms in total. The minimum absolute atomic E-state index is 0.0269. The summed E-state index contributed by atoms with van der Waals surface area (Å²) in [5, 5.41) is 24.1. The molecule has 0 aliphatic rings. The van der Waals surface area contributed by atoms with Crippen LogP contribution >= 0.6 is 0 Å². The lowest BCUT2D eigenvalue weighted by molar-refractivity contribution is -0.121. The topological polar surface area (TPSA) is 113 Å². The lowest BCUT2D eigenvalue weighted by atomic mass is 10.0. The van der Waals surface area contributed by atoms with E-state index < -0.39 is 18.1 Å². The second kappa shape index (κ2) is 11.1. The summed E-state index contributed by atoms with van der Waals surface area (Å²) in [5.74, 6) is -0.827. The molecule has 8 heteroatoms. The lowest BCUT2D eigenvalue weighted by Gasteiger charge is -2.15. The van der Waals surface area contributed by atoms with Crippen LogP contribution in [0.3, 0.4) is 0 Å². The number of aliphatic hydroxyl groups excluding tert-OH is 2. The van der Waals surface area contributed by atoms with Crippen molar-refractivity contribution < 1.29 is 19.4 Å². The largest absolute Gasteiger partial charge is 0.392 e. The average Bonchev–Trinajstić information content (AvgIpc) is 3.12. The van der Waals surface area contributed by atoms with Crippen molar-refractivity contribution in [3.05, 3.63) is 66.1 Å². The van der Waals surface area contributed by atoms with Crippen LogP contribution in [-0.4, -0.2) is 45.9 Å². The molecular formula is C26H31FN4O3. The number of halogens is 1. The van der Waals surface area contributed by atoms with Gasteiger partial charge >= 0.3 is 0 Å². The van der Waals surface area contributed by atoms with E-state index in [1.54, 1.807) is 18.2 Å². The number of guanidine groups is 1. The number of aliphatic hydroxyl groups is 2. The van der Waals surface area contributed by atoms with Gasteiger partial charge in [-0.3, -0.25) is 15.1 Å². The lowest BCUT2D eigenvalue weighted by Crippen LogP contribution is -2.38. The molecule has 0 aliphatic carbocycles. The van der Waals surface area contributed by atoms with Gasteiger partial charge in [-0.2, -0.15) is 0 Å². The Balaban J connectivity index is 1.91. The molecule has 0 spiro atoms. The van der Waals surface area contributed by atoms with E-state index in [-0.39, 0.29) is 30.7 Å². The van der Waals surface area contributed by atoms with E-state index in [0.29, 0.717) is 0 Å². The van der Waals surface area contributed by atoms with E-state index in [2.05, 4.69) is 28.7 Å². The number of aliphatic imine (C=N–C) groups is 1. The number of nitrogens with zero attached hydrogens (tertiary/aromatic N) is 2. The van der Waals surface area contributed by atoms with E-state index in [0.717, 1.165) is 27.7 Å². The van der Waals surface area contributed by atoms with Crippen molar-refractivity contribution in [3.8, 4) is 11.1 Å². The Morgan fingerprint density at radius 1 is 1.18 bits per heavy atom. The number of hydrogen-bond donors (Lipinski definition) is 4. The molecule has 2 atom stereocenters. The number of amides is 1. The maximum atomic E-state index is 13.6. The van der Waals surface area contributed by atoms with Crippen LogP contribution in [-0.2, 0) is 4.79 Å². The van der Waals surface area contributed by atoms with Crippen molar-refractivity contribution >= 4 is 28.8 Å². The first-order valence-corrected chi connectivity index (χ1v) is 11.2. The van der Waals surface area contributed by atoms with Crippen molar-refractivity contribution in [2.75, 3.05) is 7.05 Å². The fraction of sp³-hybridized carbons (Fsp3) is 0.308. The second-order valence-corrected chi connectivity index (χ2v) is 8.43. The number of hydrogen-bond acceptors (Lipinski definition) is 4. The minimum atomic E-state index is -1.06. The number of rotatable bonds is 8. The first kappa shape index (κ1) is 25.1. The van der Waals surface area contributed by atoms with E-state index >= 15 is 0 Å². The standard InChI is InChI=1S/C26H31FN4O3/c1-16(2)31-22-7-5-4-6-21(22)25(17-8-10-18(27)11-9-17)23(31)13-12-19(32)14-20(33)15-24(34)30-26(28)29-3/h4-13,16,19-20,32-33H,14-15H2,1-3H3,(H3,28,29,30,34)/b13-12+/t19-,20-/m0/s1. The van der Waals surface area contributed by atoms with Crippen LogP contribution in [0.4, 0.5) is 4.39 Å². The predicted molar refractivity (Wildman–Crippen MR) is 134 cm³/mol. The van der Waals surface area contributed by atoms with Gasteiger partial charge in [-0.1, -0.05) is 36.4 Å². The van der Waals surface area contributed by atoms with Crippen LogP contribution in [0.2, 0.25) is 0 Å². The number of carbonyl (C=O) groups excluding carboxylic acids is 1. The van der Waals surface area contributed by atoms with Crippen LogP contribution in [0.15, 0.2) is 59.6 Å². The molecule has 0 radical (unpaired) electrons. The Hall–Kier alpha value is -3.49. The summed E-state index contributed by atoms with van der Waals surface area (Å²) in [6, 6.07) is 14.4. The van der Waals surface area contributed by atoms with Crippen LogP contribution in [0.5, 0.6) is 0 Å². The Kier molecular flexibility index (Phi) is 8.20. The smallest absolute Gasteiger partial charge is 0.229 e. The molecule has 0 unspecified atom stereocenters. The molecule has 0 aliphatic heterocycles. The summed E-state index contributed by atoms with van der Waals surface area (Å²) >= 11 is 0. The molecule has 3 rings (SSSR count). The van der Waals surface area contributed by atoms with Crippen molar-refractivity contribution in [2.24, 2.45) is 10.7 Å². The molecule has 0 fully saturated rings. The Bertz CT molecular complexity index is 1200. The molecule has 1 aromatic heterocycles. The molecule has 3 aromatic rings. The highest BCUT2D eigenvalue weighted by atomic mass is 19.1. The summed E-state index contributed by atoms with van der Waals surface area (Å²) in [4.78, 5) is 15.5. The van der Waals surface area contributed by atoms with Gasteiger partial charge < -0.3 is 20.5 Å². The number of fused-ring (bicyclic) bond motifs is 1. The van der Waals surface area contributed by atoms with Crippen LogP contribution in [0.25, 0.3) is 28.1 Å². The zero-order valence-electron chi connectivity index (χ0n) is 19.6. The fourth-order valence-electron chi connectivity index (χ4n) is 4.03. The van der Waals surface area contributed by atoms with Gasteiger partial charge in [0.05, 0.1) is 18.6 Å². The zero-order valence-corrected chi connectivity index (χ0v) is 19.6. The minimum Gasteiger partial charge on any atom is -0.392 e. The summed E-state index contributed by atoms with van der Waals surface area (Å²) in [7, 11) is 1.44. The molecule has 2 aromatic carbocycles. The Morgan fingerprint density at radius 3 is 2.50 bits per heavy atom. The monoisotopic (exact) mass is 466 g/mol. The van der Waals surface area contributed by atoms with Crippen LogP contribution < -0.4 is 11.1 Å². The first-order valence-electron chi connectivity index (χ1n) is 11.2. The molecule has 0 bridgehead atoms. The highest BCUT2D eigenvalue weighted by Crippen LogP contribution is 2.38. The third-order valence-electron chi connectivity index (χ3n) is 5.52. The van der Waals surface area contributed by atoms with Gasteiger partial charge in [0.25, 0.3) is 0 Å². The van der Waals surface area contributed by atoms with Crippen molar-refractivity contribution in [2.45, 2.75) is 44.9 Å². The van der Waals surface area contributed by atoms with E-state index in [9.17, 15) is 19.4 Å². The third kappa shape index (κ3) is 5.89. The molecular weight excluding hydrogens is 435 g/mol. The van der Waals surface area contributed by atoms with Gasteiger partial charge in [0, 0.05) is 41.7 Å². The molecule has 1 heterocycles. The Labute approximate surface area is 198 Å². The molecule has 5 N–H and O–H groups in total. The van der Waals surface area contributed by atoms with E-state index in [1.807, 2.05) is 30.3 Å². The highest BCUT2D eigenvalue weighted by Gasteiger charge is 2.19. The van der Waals surface area contributed by atoms with Gasteiger partial charge in [0.1, 0.15) is 5.82 Å². The second-order valence-electron chi connectivity index (χ2n) is 8.43. The van der Waals surface area contributed by atoms with Gasteiger partial charge in [-0.15, -0.1) is 0 Å². The van der Waals surface area contributed by atoms with E-state index in [1.165, 1.54) is 19.2 Å². The third-order valence-corrected chi connectivity index (χ3v) is 5.52. The molecule has 180 valence electrons. The maximum Gasteiger partial charge on any atom is 0.229 e. The number of para-hydroxylation sites is 1. The number of nitrogens with two attached hydrogens (primary N) is 1. The van der Waals surface area contributed by atoms with Crippen molar-refractivity contribution in [3.63, 3.8) is 0 Å². The number of carbonyl (C=O) groups is 1. The van der Waals surface area contributed by atoms with Gasteiger partial charge in [-0.25, -0.2) is 4.39 Å². The summed E-state index contributed by atoms with van der Waals surface area (Å²) in [6.07, 6.45) is 1.13. The van der Waals surface area contributed by atoms with Crippen LogP contribution in [0.1, 0.15) is 38.4 Å². The molecule has 0 saturated heterocycles. The Morgan fingerprint density at radius 2 is 1.85 bits per heavy atom. The van der Waals surface area contributed by atoms with Crippen molar-refractivity contribution in [1.29, 1.82) is 0 Å². The molecule has 1 amide bonds. The number of aromatic nitrogens is 1. The van der Waals surface area contributed by atoms with Crippen LogP contribution in [0, 0.1) is 5.82 Å². The van der Waals surface area contributed by atoms with E-state index in [4.69, 9.17) is 5.73 Å². The zero-order chi connectivity index (χ0) is 24.8.